The Morgan fingerprint density at radius 3 is 3.05 bits per heavy atom. The second kappa shape index (κ2) is 5.70. The van der Waals surface area contributed by atoms with Crippen molar-refractivity contribution in [3.63, 3.8) is 0 Å². The minimum Gasteiger partial charge on any atom is -0.345 e. The Morgan fingerprint density at radius 2 is 2.33 bits per heavy atom. The first kappa shape index (κ1) is 13.8. The lowest BCUT2D eigenvalue weighted by Crippen LogP contribution is -2.35. The number of nitrogens with zero attached hydrogens (tertiary/aromatic N) is 5. The van der Waals surface area contributed by atoms with Crippen LogP contribution in [-0.2, 0) is 0 Å². The fourth-order valence-electron chi connectivity index (χ4n) is 2.73. The average Bonchev–Trinajstić information content (AvgIpc) is 3.03. The highest BCUT2D eigenvalue weighted by Crippen LogP contribution is 2.36. The zero-order chi connectivity index (χ0) is 14.8. The standard InChI is InChI=1S/C14H15ClN6/c1-9-10(7-16)6-11(15)14(19-9)21-5-3-2-4-12(21)13-17-8-18-20-13/h6,8,12H,2-5H2,1H3,(H,17,18,20)/t12-/m0/s1. The number of aromatic amines is 1. The molecule has 3 rings (SSSR count). The molecule has 1 aliphatic heterocycles. The van der Waals surface area contributed by atoms with Crippen LogP contribution >= 0.6 is 11.6 Å². The topological polar surface area (TPSA) is 81.5 Å². The van der Waals surface area contributed by atoms with Crippen LogP contribution < -0.4 is 4.90 Å². The van der Waals surface area contributed by atoms with Gasteiger partial charge in [0.15, 0.2) is 0 Å². The van der Waals surface area contributed by atoms with E-state index in [0.717, 1.165) is 31.6 Å². The molecular formula is C14H15ClN6. The first-order valence-electron chi connectivity index (χ1n) is 6.90. The molecule has 7 heteroatoms. The van der Waals surface area contributed by atoms with Crippen molar-refractivity contribution in [1.82, 2.24) is 20.2 Å². The molecule has 3 heterocycles. The Morgan fingerprint density at radius 1 is 1.48 bits per heavy atom. The van der Waals surface area contributed by atoms with Crippen LogP contribution in [0.15, 0.2) is 12.4 Å². The maximum absolute atomic E-state index is 9.06. The minimum absolute atomic E-state index is 0.0959. The van der Waals surface area contributed by atoms with E-state index in [0.29, 0.717) is 22.1 Å². The van der Waals surface area contributed by atoms with Gasteiger partial charge in [0.1, 0.15) is 24.0 Å². The molecular weight excluding hydrogens is 288 g/mol. The van der Waals surface area contributed by atoms with Gasteiger partial charge in [0, 0.05) is 6.54 Å². The Hall–Kier alpha value is -2.13. The van der Waals surface area contributed by atoms with Crippen molar-refractivity contribution < 1.29 is 0 Å². The summed E-state index contributed by atoms with van der Waals surface area (Å²) in [6, 6.07) is 3.89. The summed E-state index contributed by atoms with van der Waals surface area (Å²) in [4.78, 5) is 11.0. The van der Waals surface area contributed by atoms with Crippen LogP contribution in [0.1, 0.15) is 42.4 Å². The second-order valence-corrected chi connectivity index (χ2v) is 5.52. The maximum Gasteiger partial charge on any atom is 0.148 e. The van der Waals surface area contributed by atoms with Gasteiger partial charge in [-0.3, -0.25) is 5.10 Å². The molecule has 2 aromatic heterocycles. The van der Waals surface area contributed by atoms with Crippen molar-refractivity contribution >= 4 is 17.4 Å². The lowest BCUT2D eigenvalue weighted by molar-refractivity contribution is 0.454. The van der Waals surface area contributed by atoms with E-state index in [4.69, 9.17) is 16.9 Å². The first-order valence-corrected chi connectivity index (χ1v) is 7.27. The van der Waals surface area contributed by atoms with Crippen LogP contribution in [0.4, 0.5) is 5.82 Å². The molecule has 1 N–H and O–H groups in total. The molecule has 6 nitrogen and oxygen atoms in total. The van der Waals surface area contributed by atoms with Gasteiger partial charge < -0.3 is 4.90 Å². The van der Waals surface area contributed by atoms with Gasteiger partial charge in [-0.1, -0.05) is 11.6 Å². The van der Waals surface area contributed by atoms with Gasteiger partial charge in [0.2, 0.25) is 0 Å². The van der Waals surface area contributed by atoms with E-state index in [1.807, 2.05) is 6.92 Å². The maximum atomic E-state index is 9.06. The van der Waals surface area contributed by atoms with E-state index in [1.54, 1.807) is 6.07 Å². The van der Waals surface area contributed by atoms with Crippen molar-refractivity contribution in [2.75, 3.05) is 11.4 Å². The molecule has 0 aromatic carbocycles. The zero-order valence-electron chi connectivity index (χ0n) is 11.7. The van der Waals surface area contributed by atoms with Gasteiger partial charge in [-0.2, -0.15) is 10.4 Å². The van der Waals surface area contributed by atoms with Gasteiger partial charge in [-0.25, -0.2) is 9.97 Å². The number of hydrogen-bond donors (Lipinski definition) is 1. The molecule has 0 saturated carbocycles. The quantitative estimate of drug-likeness (QED) is 0.922. The van der Waals surface area contributed by atoms with Crippen molar-refractivity contribution in [3.05, 3.63) is 34.5 Å². The predicted octanol–water partition coefficient (Wildman–Crippen LogP) is 2.76. The first-order chi connectivity index (χ1) is 10.2. The molecule has 108 valence electrons. The van der Waals surface area contributed by atoms with Gasteiger partial charge in [0.05, 0.1) is 22.3 Å². The SMILES string of the molecule is Cc1nc(N2CCCC[C@H]2c2ncn[nH]2)c(Cl)cc1C#N. The summed E-state index contributed by atoms with van der Waals surface area (Å²) < 4.78 is 0. The highest BCUT2D eigenvalue weighted by atomic mass is 35.5. The van der Waals surface area contributed by atoms with E-state index >= 15 is 0 Å². The van der Waals surface area contributed by atoms with Gasteiger partial charge >= 0.3 is 0 Å². The molecule has 1 saturated heterocycles. The number of halogens is 1. The molecule has 0 radical (unpaired) electrons. The van der Waals surface area contributed by atoms with E-state index in [1.165, 1.54) is 6.33 Å². The molecule has 0 unspecified atom stereocenters. The highest BCUT2D eigenvalue weighted by Gasteiger charge is 2.29. The number of nitrogens with one attached hydrogen (secondary N) is 1. The molecule has 0 amide bonds. The fraction of sp³-hybridized carbons (Fsp3) is 0.429. The third-order valence-corrected chi connectivity index (χ3v) is 4.07. The number of aromatic nitrogens is 4. The fourth-order valence-corrected chi connectivity index (χ4v) is 2.99. The Labute approximate surface area is 127 Å². The molecule has 21 heavy (non-hydrogen) atoms. The molecule has 2 aromatic rings. The predicted molar refractivity (Wildman–Crippen MR) is 79.0 cm³/mol. The van der Waals surface area contributed by atoms with Gasteiger partial charge in [-0.15, -0.1) is 0 Å². The summed E-state index contributed by atoms with van der Waals surface area (Å²) in [7, 11) is 0. The zero-order valence-corrected chi connectivity index (χ0v) is 12.4. The van der Waals surface area contributed by atoms with Crippen molar-refractivity contribution in [3.8, 4) is 6.07 Å². The van der Waals surface area contributed by atoms with E-state index < -0.39 is 0 Å². The van der Waals surface area contributed by atoms with E-state index in [9.17, 15) is 0 Å². The van der Waals surface area contributed by atoms with E-state index in [2.05, 4.69) is 31.1 Å². The molecule has 0 bridgehead atoms. The number of hydrogen-bond acceptors (Lipinski definition) is 5. The third-order valence-electron chi connectivity index (χ3n) is 3.79. The number of nitriles is 1. The second-order valence-electron chi connectivity index (χ2n) is 5.11. The lowest BCUT2D eigenvalue weighted by Gasteiger charge is -2.35. The summed E-state index contributed by atoms with van der Waals surface area (Å²) in [5, 5.41) is 16.4. The monoisotopic (exact) mass is 302 g/mol. The van der Waals surface area contributed by atoms with Crippen LogP contribution in [0.3, 0.4) is 0 Å². The summed E-state index contributed by atoms with van der Waals surface area (Å²) >= 11 is 6.34. The number of pyridine rings is 1. The Kier molecular flexibility index (Phi) is 3.76. The lowest BCUT2D eigenvalue weighted by atomic mass is 10.0. The van der Waals surface area contributed by atoms with Crippen molar-refractivity contribution in [1.29, 1.82) is 5.26 Å². The Bertz CT molecular complexity index is 676. The van der Waals surface area contributed by atoms with Gasteiger partial charge in [-0.05, 0) is 32.3 Å². The number of piperidine rings is 1. The smallest absolute Gasteiger partial charge is 0.148 e. The molecule has 1 aliphatic rings. The molecule has 1 atom stereocenters. The van der Waals surface area contributed by atoms with Crippen LogP contribution in [0.25, 0.3) is 0 Å². The van der Waals surface area contributed by atoms with Gasteiger partial charge in [0.25, 0.3) is 0 Å². The van der Waals surface area contributed by atoms with Crippen LogP contribution in [0.5, 0.6) is 0 Å². The largest absolute Gasteiger partial charge is 0.345 e. The normalized spacial score (nSPS) is 18.5. The average molecular weight is 303 g/mol. The number of rotatable bonds is 2. The van der Waals surface area contributed by atoms with Crippen LogP contribution in [0.2, 0.25) is 5.02 Å². The summed E-state index contributed by atoms with van der Waals surface area (Å²) in [5.41, 5.74) is 1.20. The molecule has 0 aliphatic carbocycles. The molecule has 1 fully saturated rings. The van der Waals surface area contributed by atoms with Crippen LogP contribution in [-0.4, -0.2) is 26.7 Å². The van der Waals surface area contributed by atoms with E-state index in [-0.39, 0.29) is 6.04 Å². The van der Waals surface area contributed by atoms with Crippen molar-refractivity contribution in [2.24, 2.45) is 0 Å². The molecule has 0 spiro atoms. The van der Waals surface area contributed by atoms with Crippen molar-refractivity contribution in [2.45, 2.75) is 32.2 Å². The number of anilines is 1. The van der Waals surface area contributed by atoms with Crippen LogP contribution in [0, 0.1) is 18.3 Å². The number of aryl methyl sites for hydroxylation is 1. The minimum atomic E-state index is 0.0959. The highest BCUT2D eigenvalue weighted by molar-refractivity contribution is 6.33. The Balaban J connectivity index is 2.01. The summed E-state index contributed by atoms with van der Waals surface area (Å²) in [6.45, 7) is 2.69. The number of H-pyrrole nitrogens is 1. The summed E-state index contributed by atoms with van der Waals surface area (Å²) in [6.07, 6.45) is 4.71. The third kappa shape index (κ3) is 2.57. The summed E-state index contributed by atoms with van der Waals surface area (Å²) in [5.74, 6) is 1.55.